The number of hydrogen-bond acceptors (Lipinski definition) is 4. The molecule has 108 valence electrons. The van der Waals surface area contributed by atoms with Crippen molar-refractivity contribution in [1.82, 2.24) is 9.88 Å². The first kappa shape index (κ1) is 15.1. The van der Waals surface area contributed by atoms with Crippen molar-refractivity contribution in [3.05, 3.63) is 28.0 Å². The Morgan fingerprint density at radius 3 is 2.80 bits per heavy atom. The molecular formula is C13H14Cl2N2O3. The Morgan fingerprint density at radius 1 is 1.40 bits per heavy atom. The second-order valence-electron chi connectivity index (χ2n) is 4.53. The number of rotatable bonds is 2. The Hall–Kier alpha value is -1.33. The first-order valence-corrected chi connectivity index (χ1v) is 7.00. The third-order valence-corrected chi connectivity index (χ3v) is 3.97. The molecule has 0 bridgehead atoms. The summed E-state index contributed by atoms with van der Waals surface area (Å²) in [7, 11) is 1.32. The minimum atomic E-state index is -0.546. The number of piperidine rings is 1. The highest BCUT2D eigenvalue weighted by Crippen LogP contribution is 2.24. The van der Waals surface area contributed by atoms with E-state index in [0.29, 0.717) is 18.5 Å². The number of hydrogen-bond donors (Lipinski definition) is 0. The molecule has 1 fully saturated rings. The minimum Gasteiger partial charge on any atom is -0.467 e. The first-order chi connectivity index (χ1) is 9.54. The quantitative estimate of drug-likeness (QED) is 0.621. The number of esters is 1. The van der Waals surface area contributed by atoms with Crippen LogP contribution in [-0.2, 0) is 9.53 Å². The molecular weight excluding hydrogens is 303 g/mol. The molecule has 7 heteroatoms. The first-order valence-electron chi connectivity index (χ1n) is 6.24. The predicted octanol–water partition coefficient (Wildman–Crippen LogP) is 2.56. The van der Waals surface area contributed by atoms with E-state index in [9.17, 15) is 9.59 Å². The summed E-state index contributed by atoms with van der Waals surface area (Å²) in [5.74, 6) is -0.683. The van der Waals surface area contributed by atoms with Crippen LogP contribution in [0.2, 0.25) is 10.2 Å². The summed E-state index contributed by atoms with van der Waals surface area (Å²) < 4.78 is 4.75. The van der Waals surface area contributed by atoms with Gasteiger partial charge in [-0.2, -0.15) is 0 Å². The maximum absolute atomic E-state index is 12.5. The van der Waals surface area contributed by atoms with E-state index < -0.39 is 12.0 Å². The molecule has 1 aromatic rings. The van der Waals surface area contributed by atoms with Gasteiger partial charge in [0.15, 0.2) is 0 Å². The van der Waals surface area contributed by atoms with Crippen LogP contribution >= 0.6 is 23.2 Å². The van der Waals surface area contributed by atoms with Gasteiger partial charge < -0.3 is 9.64 Å². The monoisotopic (exact) mass is 316 g/mol. The molecule has 1 aromatic heterocycles. The number of pyridine rings is 1. The van der Waals surface area contributed by atoms with E-state index in [-0.39, 0.29) is 16.1 Å². The lowest BCUT2D eigenvalue weighted by molar-refractivity contribution is -0.147. The summed E-state index contributed by atoms with van der Waals surface area (Å²) in [6, 6.07) is 0.915. The number of carbonyl (C=O) groups is 2. The maximum Gasteiger partial charge on any atom is 0.328 e. The molecule has 1 amide bonds. The van der Waals surface area contributed by atoms with Gasteiger partial charge in [-0.25, -0.2) is 9.78 Å². The average molecular weight is 317 g/mol. The van der Waals surface area contributed by atoms with Crippen LogP contribution in [0.5, 0.6) is 0 Å². The zero-order chi connectivity index (χ0) is 14.7. The molecule has 2 heterocycles. The fourth-order valence-corrected chi connectivity index (χ4v) is 2.53. The molecule has 0 saturated carbocycles. The van der Waals surface area contributed by atoms with Crippen LogP contribution in [0.15, 0.2) is 12.3 Å². The Kier molecular flexibility index (Phi) is 4.83. The van der Waals surface area contributed by atoms with Crippen molar-refractivity contribution in [2.75, 3.05) is 13.7 Å². The molecule has 0 aromatic carbocycles. The fourth-order valence-electron chi connectivity index (χ4n) is 2.26. The lowest BCUT2D eigenvalue weighted by atomic mass is 10.0. The molecule has 2 rings (SSSR count). The van der Waals surface area contributed by atoms with Crippen molar-refractivity contribution in [1.29, 1.82) is 0 Å². The van der Waals surface area contributed by atoms with Gasteiger partial charge in [0.25, 0.3) is 5.91 Å². The Labute approximate surface area is 126 Å². The standard InChI is InChI=1S/C13H14Cl2N2O3/c1-20-13(19)10-4-2-3-5-17(10)12(18)8-6-9(14)11(15)16-7-8/h6-7,10H,2-5H2,1H3. The fraction of sp³-hybridized carbons (Fsp3) is 0.462. The number of amides is 1. The molecule has 0 N–H and O–H groups in total. The zero-order valence-corrected chi connectivity index (χ0v) is 12.4. The van der Waals surface area contributed by atoms with Gasteiger partial charge in [0.1, 0.15) is 11.2 Å². The molecule has 0 aliphatic carbocycles. The highest BCUT2D eigenvalue weighted by molar-refractivity contribution is 6.41. The topological polar surface area (TPSA) is 59.5 Å². The molecule has 1 aliphatic rings. The van der Waals surface area contributed by atoms with Crippen LogP contribution in [0.1, 0.15) is 29.6 Å². The number of carbonyl (C=O) groups excluding carboxylic acids is 2. The third kappa shape index (κ3) is 3.04. The van der Waals surface area contributed by atoms with Gasteiger partial charge in [-0.1, -0.05) is 23.2 Å². The van der Waals surface area contributed by atoms with Crippen LogP contribution in [0.3, 0.4) is 0 Å². The number of ether oxygens (including phenoxy) is 1. The SMILES string of the molecule is COC(=O)C1CCCCN1C(=O)c1cnc(Cl)c(Cl)c1. The summed E-state index contributed by atoms with van der Waals surface area (Å²) in [6.45, 7) is 0.513. The van der Waals surface area contributed by atoms with E-state index in [1.54, 1.807) is 0 Å². The molecule has 1 unspecified atom stereocenters. The Bertz CT molecular complexity index is 536. The minimum absolute atomic E-state index is 0.145. The molecule has 0 radical (unpaired) electrons. The van der Waals surface area contributed by atoms with Crippen molar-refractivity contribution in [2.45, 2.75) is 25.3 Å². The molecule has 5 nitrogen and oxygen atoms in total. The largest absolute Gasteiger partial charge is 0.467 e. The van der Waals surface area contributed by atoms with Gasteiger partial charge in [-0.15, -0.1) is 0 Å². The van der Waals surface area contributed by atoms with Crippen molar-refractivity contribution >= 4 is 35.1 Å². The zero-order valence-electron chi connectivity index (χ0n) is 10.9. The average Bonchev–Trinajstić information content (AvgIpc) is 2.48. The summed E-state index contributed by atoms with van der Waals surface area (Å²) >= 11 is 11.6. The molecule has 1 saturated heterocycles. The molecule has 0 spiro atoms. The van der Waals surface area contributed by atoms with Crippen LogP contribution in [0.25, 0.3) is 0 Å². The van der Waals surface area contributed by atoms with Gasteiger partial charge >= 0.3 is 5.97 Å². The number of likely N-dealkylation sites (tertiary alicyclic amines) is 1. The third-order valence-electron chi connectivity index (χ3n) is 3.28. The van der Waals surface area contributed by atoms with Crippen LogP contribution in [-0.4, -0.2) is 41.5 Å². The highest BCUT2D eigenvalue weighted by Gasteiger charge is 2.33. The Morgan fingerprint density at radius 2 is 2.15 bits per heavy atom. The Balaban J connectivity index is 2.25. The lowest BCUT2D eigenvalue weighted by Gasteiger charge is -2.33. The second-order valence-corrected chi connectivity index (χ2v) is 5.30. The number of nitrogens with zero attached hydrogens (tertiary/aromatic N) is 2. The van der Waals surface area contributed by atoms with E-state index in [2.05, 4.69) is 4.98 Å². The van der Waals surface area contributed by atoms with Crippen LogP contribution in [0, 0.1) is 0 Å². The van der Waals surface area contributed by atoms with Gasteiger partial charge in [0.05, 0.1) is 17.7 Å². The summed E-state index contributed by atoms with van der Waals surface area (Å²) in [5, 5.41) is 0.357. The van der Waals surface area contributed by atoms with Crippen molar-refractivity contribution in [2.24, 2.45) is 0 Å². The summed E-state index contributed by atoms with van der Waals surface area (Å²) in [6.07, 6.45) is 3.71. The van der Waals surface area contributed by atoms with E-state index in [4.69, 9.17) is 27.9 Å². The summed E-state index contributed by atoms with van der Waals surface area (Å²) in [4.78, 5) is 29.6. The predicted molar refractivity (Wildman–Crippen MR) is 74.9 cm³/mol. The lowest BCUT2D eigenvalue weighted by Crippen LogP contribution is -2.48. The highest BCUT2D eigenvalue weighted by atomic mass is 35.5. The van der Waals surface area contributed by atoms with E-state index in [1.807, 2.05) is 0 Å². The number of methoxy groups -OCH3 is 1. The molecule has 1 atom stereocenters. The normalized spacial score (nSPS) is 18.8. The van der Waals surface area contributed by atoms with Crippen LogP contribution < -0.4 is 0 Å². The maximum atomic E-state index is 12.5. The second kappa shape index (κ2) is 6.41. The van der Waals surface area contributed by atoms with Crippen molar-refractivity contribution in [3.8, 4) is 0 Å². The smallest absolute Gasteiger partial charge is 0.328 e. The van der Waals surface area contributed by atoms with E-state index in [1.165, 1.54) is 24.3 Å². The van der Waals surface area contributed by atoms with E-state index >= 15 is 0 Å². The van der Waals surface area contributed by atoms with Gasteiger partial charge in [0, 0.05) is 12.7 Å². The van der Waals surface area contributed by atoms with Crippen LogP contribution in [0.4, 0.5) is 0 Å². The van der Waals surface area contributed by atoms with E-state index in [0.717, 1.165) is 12.8 Å². The summed E-state index contributed by atoms with van der Waals surface area (Å²) in [5.41, 5.74) is 0.315. The number of aromatic nitrogens is 1. The van der Waals surface area contributed by atoms with Crippen molar-refractivity contribution < 1.29 is 14.3 Å². The van der Waals surface area contributed by atoms with Gasteiger partial charge in [-0.3, -0.25) is 4.79 Å². The van der Waals surface area contributed by atoms with Gasteiger partial charge in [0.2, 0.25) is 0 Å². The van der Waals surface area contributed by atoms with Crippen molar-refractivity contribution in [3.63, 3.8) is 0 Å². The van der Waals surface area contributed by atoms with Gasteiger partial charge in [-0.05, 0) is 25.3 Å². The number of halogens is 2. The molecule has 20 heavy (non-hydrogen) atoms. The molecule has 1 aliphatic heterocycles.